The molecule has 2 atom stereocenters. The number of piperidine rings is 1. The maximum Gasteiger partial charge on any atom is 0.270 e. The quantitative estimate of drug-likeness (QED) is 0.798. The van der Waals surface area contributed by atoms with Crippen molar-refractivity contribution in [1.82, 2.24) is 24.8 Å². The number of nitrogens with one attached hydrogen (secondary N) is 1. The van der Waals surface area contributed by atoms with Crippen molar-refractivity contribution in [2.24, 2.45) is 0 Å². The molecular formula is C18H23N5O3. The summed E-state index contributed by atoms with van der Waals surface area (Å²) in [6.45, 7) is 2.88. The molecule has 2 amide bonds. The molecule has 1 fully saturated rings. The number of aryl methyl sites for hydroxylation is 1. The molecule has 1 saturated heterocycles. The van der Waals surface area contributed by atoms with Crippen molar-refractivity contribution >= 4 is 11.8 Å². The summed E-state index contributed by atoms with van der Waals surface area (Å²) in [7, 11) is 0. The number of hydrogen-bond donors (Lipinski definition) is 2. The minimum Gasteiger partial charge on any atom is -0.389 e. The molecule has 3 heterocycles. The van der Waals surface area contributed by atoms with Gasteiger partial charge in [-0.3, -0.25) is 14.6 Å². The van der Waals surface area contributed by atoms with E-state index in [-0.39, 0.29) is 24.9 Å². The SMILES string of the molecule is CCc1nccn1CC(=O)N1CC[C@@H](NC(=O)c2ccccn2)[C@H](O)C1. The number of β-amino-alcohol motifs (C(OH)–C–C–N with tert-alkyl or cyclic N) is 1. The van der Waals surface area contributed by atoms with Gasteiger partial charge < -0.3 is 19.9 Å². The highest BCUT2D eigenvalue weighted by Gasteiger charge is 2.31. The zero-order chi connectivity index (χ0) is 18.5. The molecule has 1 aliphatic heterocycles. The van der Waals surface area contributed by atoms with Crippen molar-refractivity contribution in [3.63, 3.8) is 0 Å². The molecule has 0 aliphatic carbocycles. The van der Waals surface area contributed by atoms with Gasteiger partial charge >= 0.3 is 0 Å². The zero-order valence-corrected chi connectivity index (χ0v) is 14.7. The molecule has 3 rings (SSSR count). The molecule has 0 unspecified atom stereocenters. The maximum atomic E-state index is 12.5. The van der Waals surface area contributed by atoms with Gasteiger partial charge in [-0.2, -0.15) is 0 Å². The van der Waals surface area contributed by atoms with Crippen LogP contribution < -0.4 is 5.32 Å². The second-order valence-corrected chi connectivity index (χ2v) is 6.32. The molecule has 1 aliphatic rings. The van der Waals surface area contributed by atoms with Crippen LogP contribution in [0.25, 0.3) is 0 Å². The number of pyridine rings is 1. The van der Waals surface area contributed by atoms with E-state index in [0.717, 1.165) is 12.2 Å². The van der Waals surface area contributed by atoms with Crippen LogP contribution in [0.2, 0.25) is 0 Å². The number of amides is 2. The topological polar surface area (TPSA) is 100 Å². The molecule has 2 aromatic rings. The summed E-state index contributed by atoms with van der Waals surface area (Å²) >= 11 is 0. The Labute approximate surface area is 151 Å². The highest BCUT2D eigenvalue weighted by molar-refractivity contribution is 5.92. The van der Waals surface area contributed by atoms with Gasteiger partial charge in [-0.25, -0.2) is 4.98 Å². The predicted octanol–water partition coefficient (Wildman–Crippen LogP) is 0.232. The summed E-state index contributed by atoms with van der Waals surface area (Å²) in [6.07, 6.45) is 5.45. The maximum absolute atomic E-state index is 12.5. The molecule has 0 bridgehead atoms. The summed E-state index contributed by atoms with van der Waals surface area (Å²) in [5, 5.41) is 13.2. The molecular weight excluding hydrogens is 334 g/mol. The first-order valence-electron chi connectivity index (χ1n) is 8.76. The van der Waals surface area contributed by atoms with E-state index < -0.39 is 12.1 Å². The average Bonchev–Trinajstić information content (AvgIpc) is 3.11. The number of aliphatic hydroxyl groups is 1. The Bertz CT molecular complexity index is 761. The number of carbonyl (C=O) groups excluding carboxylic acids is 2. The van der Waals surface area contributed by atoms with E-state index >= 15 is 0 Å². The Balaban J connectivity index is 1.54. The van der Waals surface area contributed by atoms with Crippen LogP contribution in [-0.4, -0.2) is 61.6 Å². The van der Waals surface area contributed by atoms with Crippen molar-refractivity contribution in [2.45, 2.75) is 38.5 Å². The van der Waals surface area contributed by atoms with Crippen LogP contribution in [0.4, 0.5) is 0 Å². The highest BCUT2D eigenvalue weighted by Crippen LogP contribution is 2.13. The Hall–Kier alpha value is -2.74. The fraction of sp³-hybridized carbons (Fsp3) is 0.444. The Morgan fingerprint density at radius 1 is 1.31 bits per heavy atom. The number of nitrogens with zero attached hydrogens (tertiary/aromatic N) is 4. The third kappa shape index (κ3) is 4.08. The normalized spacial score (nSPS) is 20.0. The minimum absolute atomic E-state index is 0.0637. The number of rotatable bonds is 5. The first-order chi connectivity index (χ1) is 12.6. The zero-order valence-electron chi connectivity index (χ0n) is 14.7. The van der Waals surface area contributed by atoms with E-state index in [1.54, 1.807) is 41.7 Å². The molecule has 26 heavy (non-hydrogen) atoms. The summed E-state index contributed by atoms with van der Waals surface area (Å²) in [5.41, 5.74) is 0.311. The van der Waals surface area contributed by atoms with Gasteiger partial charge in [-0.15, -0.1) is 0 Å². The first kappa shape index (κ1) is 18.1. The fourth-order valence-electron chi connectivity index (χ4n) is 3.11. The summed E-state index contributed by atoms with van der Waals surface area (Å²) in [4.78, 5) is 34.5. The summed E-state index contributed by atoms with van der Waals surface area (Å²) in [6, 6.07) is 4.70. The minimum atomic E-state index is -0.811. The van der Waals surface area contributed by atoms with Crippen LogP contribution in [0.5, 0.6) is 0 Å². The van der Waals surface area contributed by atoms with Crippen LogP contribution in [0.15, 0.2) is 36.8 Å². The van der Waals surface area contributed by atoms with Crippen LogP contribution >= 0.6 is 0 Å². The van der Waals surface area contributed by atoms with Crippen molar-refractivity contribution in [2.75, 3.05) is 13.1 Å². The molecule has 8 heteroatoms. The number of aromatic nitrogens is 3. The summed E-state index contributed by atoms with van der Waals surface area (Å²) < 4.78 is 1.82. The molecule has 2 N–H and O–H groups in total. The lowest BCUT2D eigenvalue weighted by atomic mass is 10.0. The van der Waals surface area contributed by atoms with Gasteiger partial charge in [0.2, 0.25) is 5.91 Å². The second kappa shape index (κ2) is 8.09. The number of carbonyl (C=O) groups is 2. The molecule has 2 aromatic heterocycles. The van der Waals surface area contributed by atoms with Gasteiger partial charge in [-0.1, -0.05) is 13.0 Å². The fourth-order valence-corrected chi connectivity index (χ4v) is 3.11. The smallest absolute Gasteiger partial charge is 0.270 e. The van der Waals surface area contributed by atoms with Crippen LogP contribution in [-0.2, 0) is 17.8 Å². The first-order valence-corrected chi connectivity index (χ1v) is 8.76. The lowest BCUT2D eigenvalue weighted by molar-refractivity contribution is -0.135. The molecule has 0 spiro atoms. The monoisotopic (exact) mass is 357 g/mol. The molecule has 138 valence electrons. The molecule has 8 nitrogen and oxygen atoms in total. The number of likely N-dealkylation sites (tertiary alicyclic amines) is 1. The Kier molecular flexibility index (Phi) is 5.62. The van der Waals surface area contributed by atoms with E-state index in [1.165, 1.54) is 0 Å². The van der Waals surface area contributed by atoms with Gasteiger partial charge in [0.15, 0.2) is 0 Å². The molecule has 0 radical (unpaired) electrons. The van der Waals surface area contributed by atoms with Gasteiger partial charge in [0.25, 0.3) is 5.91 Å². The van der Waals surface area contributed by atoms with E-state index in [1.807, 2.05) is 11.5 Å². The van der Waals surface area contributed by atoms with Crippen LogP contribution in [0, 0.1) is 0 Å². The van der Waals surface area contributed by atoms with E-state index in [4.69, 9.17) is 0 Å². The van der Waals surface area contributed by atoms with Crippen LogP contribution in [0.3, 0.4) is 0 Å². The average molecular weight is 357 g/mol. The van der Waals surface area contributed by atoms with E-state index in [2.05, 4.69) is 15.3 Å². The van der Waals surface area contributed by atoms with Crippen molar-refractivity contribution in [1.29, 1.82) is 0 Å². The van der Waals surface area contributed by atoms with Gasteiger partial charge in [0, 0.05) is 38.1 Å². The van der Waals surface area contributed by atoms with Crippen molar-refractivity contribution in [3.8, 4) is 0 Å². The molecule has 0 saturated carbocycles. The standard InChI is InChI=1S/C18H23N5O3/c1-2-16-20-8-10-22(16)12-17(25)23-9-6-13(15(24)11-23)21-18(26)14-5-3-4-7-19-14/h3-5,7-8,10,13,15,24H,2,6,9,11-12H2,1H3,(H,21,26)/t13-,15-/m1/s1. The van der Waals surface area contributed by atoms with Gasteiger partial charge in [0.05, 0.1) is 12.1 Å². The lowest BCUT2D eigenvalue weighted by Gasteiger charge is -2.36. The van der Waals surface area contributed by atoms with Crippen LogP contribution in [0.1, 0.15) is 29.7 Å². The predicted molar refractivity (Wildman–Crippen MR) is 94.3 cm³/mol. The largest absolute Gasteiger partial charge is 0.389 e. The number of aliphatic hydroxyl groups excluding tert-OH is 1. The second-order valence-electron chi connectivity index (χ2n) is 6.32. The third-order valence-electron chi connectivity index (χ3n) is 4.57. The van der Waals surface area contributed by atoms with Crippen molar-refractivity contribution in [3.05, 3.63) is 48.3 Å². The number of imidazole rings is 1. The Morgan fingerprint density at radius 2 is 2.15 bits per heavy atom. The Morgan fingerprint density at radius 3 is 2.85 bits per heavy atom. The van der Waals surface area contributed by atoms with Gasteiger partial charge in [0.1, 0.15) is 18.1 Å². The lowest BCUT2D eigenvalue weighted by Crippen LogP contribution is -2.55. The molecule has 0 aromatic carbocycles. The van der Waals surface area contributed by atoms with Gasteiger partial charge in [-0.05, 0) is 18.6 Å². The number of hydrogen-bond acceptors (Lipinski definition) is 5. The third-order valence-corrected chi connectivity index (χ3v) is 4.57. The highest BCUT2D eigenvalue weighted by atomic mass is 16.3. The van der Waals surface area contributed by atoms with E-state index in [0.29, 0.717) is 18.7 Å². The van der Waals surface area contributed by atoms with Crippen molar-refractivity contribution < 1.29 is 14.7 Å². The summed E-state index contributed by atoms with van der Waals surface area (Å²) in [5.74, 6) is 0.475. The van der Waals surface area contributed by atoms with E-state index in [9.17, 15) is 14.7 Å².